The number of aryl methyl sites for hydroxylation is 2. The third-order valence-corrected chi connectivity index (χ3v) is 3.20. The van der Waals surface area contributed by atoms with Crippen molar-refractivity contribution in [2.45, 2.75) is 26.4 Å². The highest BCUT2D eigenvalue weighted by molar-refractivity contribution is 6.31. The Morgan fingerprint density at radius 1 is 1.59 bits per heavy atom. The quantitative estimate of drug-likeness (QED) is 0.911. The summed E-state index contributed by atoms with van der Waals surface area (Å²) in [5, 5.41) is 8.19. The minimum atomic E-state index is 0.00343. The van der Waals surface area contributed by atoms with Gasteiger partial charge in [-0.15, -0.1) is 0 Å². The average molecular weight is 254 g/mol. The standard InChI is InChI=1S/C12H16ClN3O/c1-4-16-12(10(13)7-15-16)11(14-3)9-5-6-17-8(9)2/h5-7,11,14H,4H2,1-3H3. The Balaban J connectivity index is 2.49. The molecule has 2 aromatic heterocycles. The molecule has 0 spiro atoms. The van der Waals surface area contributed by atoms with E-state index in [4.69, 9.17) is 16.0 Å². The van der Waals surface area contributed by atoms with Gasteiger partial charge in [-0.3, -0.25) is 4.68 Å². The van der Waals surface area contributed by atoms with Crippen LogP contribution in [0.3, 0.4) is 0 Å². The largest absolute Gasteiger partial charge is 0.469 e. The van der Waals surface area contributed by atoms with E-state index in [0.29, 0.717) is 5.02 Å². The molecule has 1 N–H and O–H groups in total. The molecule has 0 aliphatic carbocycles. The number of hydrogen-bond acceptors (Lipinski definition) is 3. The number of aromatic nitrogens is 2. The van der Waals surface area contributed by atoms with Crippen LogP contribution in [0.5, 0.6) is 0 Å². The minimum Gasteiger partial charge on any atom is -0.469 e. The van der Waals surface area contributed by atoms with Crippen molar-refractivity contribution in [3.05, 3.63) is 40.6 Å². The highest BCUT2D eigenvalue weighted by Gasteiger charge is 2.22. The Morgan fingerprint density at radius 2 is 2.35 bits per heavy atom. The van der Waals surface area contributed by atoms with E-state index < -0.39 is 0 Å². The van der Waals surface area contributed by atoms with E-state index in [2.05, 4.69) is 10.4 Å². The van der Waals surface area contributed by atoms with Crippen molar-refractivity contribution in [2.24, 2.45) is 0 Å². The van der Waals surface area contributed by atoms with Crippen molar-refractivity contribution < 1.29 is 4.42 Å². The zero-order valence-corrected chi connectivity index (χ0v) is 11.0. The van der Waals surface area contributed by atoms with Gasteiger partial charge >= 0.3 is 0 Å². The van der Waals surface area contributed by atoms with Gasteiger partial charge in [-0.1, -0.05) is 11.6 Å². The van der Waals surface area contributed by atoms with Gasteiger partial charge in [0.05, 0.1) is 29.2 Å². The Hall–Kier alpha value is -1.26. The molecule has 0 aliphatic rings. The van der Waals surface area contributed by atoms with Crippen LogP contribution in [-0.2, 0) is 6.54 Å². The fourth-order valence-corrected chi connectivity index (χ4v) is 2.30. The molecule has 0 amide bonds. The zero-order chi connectivity index (χ0) is 12.4. The van der Waals surface area contributed by atoms with E-state index in [1.807, 2.05) is 31.6 Å². The summed E-state index contributed by atoms with van der Waals surface area (Å²) in [7, 11) is 1.90. The summed E-state index contributed by atoms with van der Waals surface area (Å²) in [4.78, 5) is 0. The van der Waals surface area contributed by atoms with Gasteiger partial charge in [0.2, 0.25) is 0 Å². The SMILES string of the molecule is CCn1ncc(Cl)c1C(NC)c1ccoc1C. The predicted molar refractivity (Wildman–Crippen MR) is 67.3 cm³/mol. The van der Waals surface area contributed by atoms with Crippen molar-refractivity contribution in [3.63, 3.8) is 0 Å². The molecule has 0 saturated heterocycles. The van der Waals surface area contributed by atoms with Crippen LogP contribution in [-0.4, -0.2) is 16.8 Å². The van der Waals surface area contributed by atoms with Gasteiger partial charge in [0.1, 0.15) is 5.76 Å². The molecule has 17 heavy (non-hydrogen) atoms. The van der Waals surface area contributed by atoms with Crippen LogP contribution in [0.4, 0.5) is 0 Å². The summed E-state index contributed by atoms with van der Waals surface area (Å²) < 4.78 is 7.24. The first-order valence-electron chi connectivity index (χ1n) is 5.61. The molecule has 4 nitrogen and oxygen atoms in total. The maximum absolute atomic E-state index is 6.21. The Morgan fingerprint density at radius 3 is 2.88 bits per heavy atom. The number of nitrogens with zero attached hydrogens (tertiary/aromatic N) is 2. The van der Waals surface area contributed by atoms with Gasteiger partial charge < -0.3 is 9.73 Å². The monoisotopic (exact) mass is 253 g/mol. The van der Waals surface area contributed by atoms with Gasteiger partial charge in [0.15, 0.2) is 0 Å². The lowest BCUT2D eigenvalue weighted by atomic mass is 10.0. The molecule has 2 aromatic rings. The lowest BCUT2D eigenvalue weighted by molar-refractivity contribution is 0.514. The number of nitrogens with one attached hydrogen (secondary N) is 1. The second kappa shape index (κ2) is 4.94. The molecule has 2 heterocycles. The molecule has 2 rings (SSSR count). The molecule has 1 unspecified atom stereocenters. The summed E-state index contributed by atoms with van der Waals surface area (Å²) in [5.74, 6) is 0.893. The smallest absolute Gasteiger partial charge is 0.105 e. The molecule has 0 fully saturated rings. The van der Waals surface area contributed by atoms with Gasteiger partial charge in [-0.2, -0.15) is 5.10 Å². The molecule has 1 atom stereocenters. The molecular weight excluding hydrogens is 238 g/mol. The first-order valence-corrected chi connectivity index (χ1v) is 5.99. The molecule has 0 saturated carbocycles. The van der Waals surface area contributed by atoms with Crippen LogP contribution in [0.15, 0.2) is 22.9 Å². The zero-order valence-electron chi connectivity index (χ0n) is 10.2. The first-order chi connectivity index (χ1) is 8.19. The second-order valence-corrected chi connectivity index (χ2v) is 4.25. The summed E-state index contributed by atoms with van der Waals surface area (Å²) in [6.45, 7) is 4.78. The summed E-state index contributed by atoms with van der Waals surface area (Å²) in [6.07, 6.45) is 3.37. The fraction of sp³-hybridized carbons (Fsp3) is 0.417. The van der Waals surface area contributed by atoms with Gasteiger partial charge in [0.25, 0.3) is 0 Å². The lowest BCUT2D eigenvalue weighted by Crippen LogP contribution is -2.22. The summed E-state index contributed by atoms with van der Waals surface area (Å²) >= 11 is 6.21. The van der Waals surface area contributed by atoms with Crippen molar-refractivity contribution >= 4 is 11.6 Å². The van der Waals surface area contributed by atoms with Crippen LogP contribution in [0.2, 0.25) is 5.02 Å². The van der Waals surface area contributed by atoms with Crippen molar-refractivity contribution in [2.75, 3.05) is 7.05 Å². The molecule has 92 valence electrons. The maximum Gasteiger partial charge on any atom is 0.105 e. The van der Waals surface area contributed by atoms with Crippen LogP contribution >= 0.6 is 11.6 Å². The second-order valence-electron chi connectivity index (χ2n) is 3.85. The van der Waals surface area contributed by atoms with E-state index >= 15 is 0 Å². The number of hydrogen-bond donors (Lipinski definition) is 1. The van der Waals surface area contributed by atoms with Crippen molar-refractivity contribution in [3.8, 4) is 0 Å². The predicted octanol–water partition coefficient (Wildman–Crippen LogP) is 2.77. The first kappa shape index (κ1) is 12.2. The topological polar surface area (TPSA) is 43.0 Å². The minimum absolute atomic E-state index is 0.00343. The highest BCUT2D eigenvalue weighted by atomic mass is 35.5. The van der Waals surface area contributed by atoms with Crippen LogP contribution in [0, 0.1) is 6.92 Å². The van der Waals surface area contributed by atoms with E-state index in [1.165, 1.54) is 0 Å². The molecular formula is C12H16ClN3O. The lowest BCUT2D eigenvalue weighted by Gasteiger charge is -2.17. The number of furan rings is 1. The number of halogens is 1. The van der Waals surface area contributed by atoms with Gasteiger partial charge in [-0.05, 0) is 27.0 Å². The van der Waals surface area contributed by atoms with E-state index in [1.54, 1.807) is 12.5 Å². The van der Waals surface area contributed by atoms with Crippen LogP contribution in [0.1, 0.15) is 30.0 Å². The van der Waals surface area contributed by atoms with E-state index in [9.17, 15) is 0 Å². The van der Waals surface area contributed by atoms with Crippen LogP contribution in [0.25, 0.3) is 0 Å². The maximum atomic E-state index is 6.21. The van der Waals surface area contributed by atoms with Gasteiger partial charge in [-0.25, -0.2) is 0 Å². The molecule has 5 heteroatoms. The van der Waals surface area contributed by atoms with E-state index in [-0.39, 0.29) is 6.04 Å². The van der Waals surface area contributed by atoms with Crippen molar-refractivity contribution in [1.29, 1.82) is 0 Å². The normalized spacial score (nSPS) is 12.9. The molecule has 0 aliphatic heterocycles. The van der Waals surface area contributed by atoms with Crippen LogP contribution < -0.4 is 5.32 Å². The third-order valence-electron chi connectivity index (χ3n) is 2.90. The Labute approximate surface area is 106 Å². The summed E-state index contributed by atoms with van der Waals surface area (Å²) in [5.41, 5.74) is 2.06. The summed E-state index contributed by atoms with van der Waals surface area (Å²) in [6, 6.07) is 1.96. The Kier molecular flexibility index (Phi) is 3.54. The highest BCUT2D eigenvalue weighted by Crippen LogP contribution is 2.30. The average Bonchev–Trinajstić information content (AvgIpc) is 2.89. The fourth-order valence-electron chi connectivity index (χ4n) is 2.04. The number of rotatable bonds is 4. The Bertz CT molecular complexity index is 504. The third kappa shape index (κ3) is 2.10. The van der Waals surface area contributed by atoms with E-state index in [0.717, 1.165) is 23.6 Å². The molecule has 0 bridgehead atoms. The van der Waals surface area contributed by atoms with Crippen molar-refractivity contribution in [1.82, 2.24) is 15.1 Å². The molecule has 0 aromatic carbocycles. The molecule has 0 radical (unpaired) electrons. The van der Waals surface area contributed by atoms with Gasteiger partial charge in [0, 0.05) is 12.1 Å².